The quantitative estimate of drug-likeness (QED) is 0.133. The molecule has 0 amide bonds. The van der Waals surface area contributed by atoms with E-state index in [-0.39, 0.29) is 28.6 Å². The Hall–Kier alpha value is -3.93. The highest BCUT2D eigenvalue weighted by Crippen LogP contribution is 2.43. The van der Waals surface area contributed by atoms with Crippen LogP contribution in [0.25, 0.3) is 0 Å². The Morgan fingerprint density at radius 2 is 2.00 bits per heavy atom. The zero-order valence-corrected chi connectivity index (χ0v) is 19.2. The Bertz CT molecular complexity index is 1200. The van der Waals surface area contributed by atoms with Gasteiger partial charge in [0.2, 0.25) is 12.2 Å². The molecule has 0 fully saturated rings. The van der Waals surface area contributed by atoms with E-state index in [1.165, 1.54) is 51.6 Å². The molecule has 0 aliphatic carbocycles. The summed E-state index contributed by atoms with van der Waals surface area (Å²) in [5.74, 6) is -0.186. The topological polar surface area (TPSA) is 151 Å². The number of nitro groups is 1. The third-order valence-corrected chi connectivity index (χ3v) is 5.57. The van der Waals surface area contributed by atoms with Gasteiger partial charge in [-0.1, -0.05) is 6.07 Å². The van der Waals surface area contributed by atoms with Crippen LogP contribution in [0.4, 0.5) is 24.5 Å². The number of ether oxygens (including phenoxy) is 3. The first kappa shape index (κ1) is 26.7. The minimum Gasteiger partial charge on any atom is -0.479 e. The van der Waals surface area contributed by atoms with Crippen molar-refractivity contribution in [2.45, 2.75) is 37.1 Å². The van der Waals surface area contributed by atoms with E-state index in [2.05, 4.69) is 15.6 Å². The van der Waals surface area contributed by atoms with E-state index >= 15 is 0 Å². The molecule has 3 atom stereocenters. The number of alkyl halides is 3. The third kappa shape index (κ3) is 5.33. The van der Waals surface area contributed by atoms with Crippen LogP contribution in [-0.2, 0) is 15.7 Å². The van der Waals surface area contributed by atoms with Crippen molar-refractivity contribution in [2.24, 2.45) is 4.99 Å². The summed E-state index contributed by atoms with van der Waals surface area (Å²) in [6, 6.07) is 6.66. The van der Waals surface area contributed by atoms with Crippen LogP contribution < -0.4 is 15.4 Å². The molecule has 11 nitrogen and oxygen atoms in total. The molecular weight excluding hydrogens is 487 g/mol. The van der Waals surface area contributed by atoms with Gasteiger partial charge in [0, 0.05) is 37.6 Å². The summed E-state index contributed by atoms with van der Waals surface area (Å²) in [6.07, 6.45) is -5.69. The van der Waals surface area contributed by atoms with Crippen molar-refractivity contribution in [3.63, 3.8) is 0 Å². The van der Waals surface area contributed by atoms with E-state index in [0.717, 1.165) is 18.2 Å². The number of nitriles is 1. The fourth-order valence-electron chi connectivity index (χ4n) is 3.90. The number of fused-ring (bicyclic) bond motifs is 1. The second kappa shape index (κ2) is 10.4. The van der Waals surface area contributed by atoms with Crippen LogP contribution in [0.3, 0.4) is 0 Å². The Balaban J connectivity index is 2.05. The van der Waals surface area contributed by atoms with Crippen LogP contribution >= 0.6 is 0 Å². The molecule has 0 spiro atoms. The highest BCUT2D eigenvalue weighted by atomic mass is 19.4. The number of anilines is 1. The van der Waals surface area contributed by atoms with Crippen LogP contribution in [0.1, 0.15) is 24.1 Å². The molecule has 0 aromatic heterocycles. The van der Waals surface area contributed by atoms with Gasteiger partial charge in [-0.3, -0.25) is 10.1 Å². The lowest BCUT2D eigenvalue weighted by atomic mass is 9.84. The Morgan fingerprint density at radius 3 is 2.58 bits per heavy atom. The number of aliphatic hydroxyl groups excluding tert-OH is 1. The zero-order valence-electron chi connectivity index (χ0n) is 19.2. The first-order chi connectivity index (χ1) is 16.9. The summed E-state index contributed by atoms with van der Waals surface area (Å²) in [4.78, 5) is 14.3. The number of hydrogen-bond acceptors (Lipinski definition) is 8. The molecular formula is C22H22F3N5O6. The zero-order chi connectivity index (χ0) is 26.7. The minimum atomic E-state index is -4.61. The third-order valence-electron chi connectivity index (χ3n) is 5.57. The summed E-state index contributed by atoms with van der Waals surface area (Å²) in [7, 11) is 2.64. The van der Waals surface area contributed by atoms with E-state index in [4.69, 9.17) is 19.5 Å². The van der Waals surface area contributed by atoms with Gasteiger partial charge in [0.25, 0.3) is 5.69 Å². The van der Waals surface area contributed by atoms with E-state index < -0.39 is 40.7 Å². The van der Waals surface area contributed by atoms with Gasteiger partial charge in [-0.15, -0.1) is 4.99 Å². The lowest BCUT2D eigenvalue weighted by molar-refractivity contribution is -0.385. The van der Waals surface area contributed by atoms with E-state index in [1.54, 1.807) is 0 Å². The van der Waals surface area contributed by atoms with E-state index in [1.807, 2.05) is 0 Å². The largest absolute Gasteiger partial charge is 0.479 e. The van der Waals surface area contributed by atoms with Gasteiger partial charge in [0.1, 0.15) is 11.9 Å². The average molecular weight is 509 g/mol. The second-order valence-electron chi connectivity index (χ2n) is 7.90. The van der Waals surface area contributed by atoms with E-state index in [9.17, 15) is 28.4 Å². The smallest absolute Gasteiger partial charge is 0.416 e. The fourth-order valence-corrected chi connectivity index (χ4v) is 3.90. The summed E-state index contributed by atoms with van der Waals surface area (Å²) >= 11 is 0. The number of benzene rings is 2. The summed E-state index contributed by atoms with van der Waals surface area (Å²) in [5, 5.41) is 37.2. The van der Waals surface area contributed by atoms with Gasteiger partial charge >= 0.3 is 6.18 Å². The number of guanidine groups is 1. The van der Waals surface area contributed by atoms with Crippen molar-refractivity contribution < 1.29 is 37.4 Å². The molecule has 0 unspecified atom stereocenters. The molecule has 192 valence electrons. The number of nitrogens with one attached hydrogen (secondary N) is 2. The van der Waals surface area contributed by atoms with E-state index in [0.29, 0.717) is 0 Å². The number of hydrogen-bond donors (Lipinski definition) is 3. The number of aliphatic hydroxyl groups is 1. The van der Waals surface area contributed by atoms with Crippen molar-refractivity contribution >= 4 is 17.3 Å². The predicted octanol–water partition coefficient (Wildman–Crippen LogP) is 3.32. The van der Waals surface area contributed by atoms with Gasteiger partial charge in [-0.05, 0) is 31.2 Å². The minimum absolute atomic E-state index is 0.0541. The summed E-state index contributed by atoms with van der Waals surface area (Å²) < 4.78 is 55.9. The van der Waals surface area contributed by atoms with Crippen LogP contribution in [0.5, 0.6) is 5.75 Å². The number of non-ortho nitro benzene ring substituents is 1. The highest BCUT2D eigenvalue weighted by molar-refractivity contribution is 5.94. The van der Waals surface area contributed by atoms with Gasteiger partial charge in [-0.25, -0.2) is 0 Å². The SMILES string of the molecule is COC(OC)[C@@]1(C)Oc2ccc([N+](=O)[O-])cc2[C@H](NC(=NC#N)Nc2cccc(C(F)(F)F)c2)[C@H]1O. The molecule has 14 heteroatoms. The van der Waals surface area contributed by atoms with Crippen LogP contribution in [0.2, 0.25) is 0 Å². The molecule has 0 bridgehead atoms. The number of aliphatic imine (C=N–C) groups is 1. The monoisotopic (exact) mass is 509 g/mol. The van der Waals surface area contributed by atoms with Crippen molar-refractivity contribution in [2.75, 3.05) is 19.5 Å². The number of rotatable bonds is 6. The molecule has 0 saturated heterocycles. The maximum Gasteiger partial charge on any atom is 0.416 e. The van der Waals surface area contributed by atoms with Crippen molar-refractivity contribution in [1.82, 2.24) is 5.32 Å². The van der Waals surface area contributed by atoms with Crippen molar-refractivity contribution in [3.8, 4) is 11.9 Å². The molecule has 2 aromatic rings. The predicted molar refractivity (Wildman–Crippen MR) is 120 cm³/mol. The Morgan fingerprint density at radius 1 is 1.31 bits per heavy atom. The lowest BCUT2D eigenvalue weighted by Gasteiger charge is -2.46. The molecule has 0 saturated carbocycles. The van der Waals surface area contributed by atoms with Crippen molar-refractivity contribution in [1.29, 1.82) is 5.26 Å². The van der Waals surface area contributed by atoms with Crippen molar-refractivity contribution in [3.05, 3.63) is 63.7 Å². The fraction of sp³-hybridized carbons (Fsp3) is 0.364. The molecule has 3 N–H and O–H groups in total. The molecule has 3 rings (SSSR count). The summed E-state index contributed by atoms with van der Waals surface area (Å²) in [5.41, 5.74) is -2.72. The lowest BCUT2D eigenvalue weighted by Crippen LogP contribution is -2.62. The first-order valence-corrected chi connectivity index (χ1v) is 10.3. The molecule has 1 heterocycles. The molecule has 1 aliphatic heterocycles. The second-order valence-corrected chi connectivity index (χ2v) is 7.90. The Kier molecular flexibility index (Phi) is 7.68. The molecule has 36 heavy (non-hydrogen) atoms. The average Bonchev–Trinajstić information content (AvgIpc) is 2.82. The van der Waals surface area contributed by atoms with Crippen LogP contribution in [0, 0.1) is 21.6 Å². The number of nitrogens with zero attached hydrogens (tertiary/aromatic N) is 3. The maximum absolute atomic E-state index is 13.1. The van der Waals surface area contributed by atoms with Gasteiger partial charge < -0.3 is 30.0 Å². The van der Waals surface area contributed by atoms with Gasteiger partial charge in [0.05, 0.1) is 16.5 Å². The van der Waals surface area contributed by atoms with Gasteiger partial charge in [-0.2, -0.15) is 18.4 Å². The number of halogens is 3. The maximum atomic E-state index is 13.1. The Labute approximate surface area is 203 Å². The van der Waals surface area contributed by atoms with Gasteiger partial charge in [0.15, 0.2) is 11.9 Å². The summed E-state index contributed by atoms with van der Waals surface area (Å²) in [6.45, 7) is 1.48. The molecule has 2 aromatic carbocycles. The normalized spacial score (nSPS) is 21.8. The molecule has 0 radical (unpaired) electrons. The van der Waals surface area contributed by atoms with Crippen LogP contribution in [-0.4, -0.2) is 48.2 Å². The number of methoxy groups -OCH3 is 2. The standard InChI is InChI=1S/C22H22F3N5O6/c1-21(19(34-2)35-3)18(31)17(15-10-14(30(32)33)7-8-16(15)36-21)29-20(27-11-26)28-13-6-4-5-12(9-13)22(23,24)25/h4-10,17-19,31H,1-3H3,(H2,27,28,29)/t17-,18+,21-/m0/s1. The van der Waals surface area contributed by atoms with Crippen LogP contribution in [0.15, 0.2) is 47.5 Å². The molecule has 1 aliphatic rings. The first-order valence-electron chi connectivity index (χ1n) is 10.3. The number of nitro benzene ring substituents is 1. The highest BCUT2D eigenvalue weighted by Gasteiger charge is 2.52.